The van der Waals surface area contributed by atoms with Crippen molar-refractivity contribution in [3.8, 4) is 0 Å². The predicted octanol–water partition coefficient (Wildman–Crippen LogP) is 1.40. The maximum absolute atomic E-state index is 11.2. The van der Waals surface area contributed by atoms with Crippen LogP contribution in [0.1, 0.15) is 39.5 Å². The van der Waals surface area contributed by atoms with Crippen LogP contribution in [0.25, 0.3) is 0 Å². The summed E-state index contributed by atoms with van der Waals surface area (Å²) in [7, 11) is 1.66. The lowest BCUT2D eigenvalue weighted by molar-refractivity contribution is -0.145. The van der Waals surface area contributed by atoms with Crippen LogP contribution in [0.3, 0.4) is 0 Å². The van der Waals surface area contributed by atoms with Gasteiger partial charge in [-0.3, -0.25) is 4.79 Å². The molecule has 4 nitrogen and oxygen atoms in total. The van der Waals surface area contributed by atoms with Crippen molar-refractivity contribution in [1.29, 1.82) is 0 Å². The summed E-state index contributed by atoms with van der Waals surface area (Å²) in [6.07, 6.45) is 3.05. The first-order valence-electron chi connectivity index (χ1n) is 5.45. The van der Waals surface area contributed by atoms with E-state index in [0.717, 1.165) is 25.8 Å². The lowest BCUT2D eigenvalue weighted by atomic mass is 9.87. The van der Waals surface area contributed by atoms with E-state index in [0.29, 0.717) is 6.42 Å². The number of carboxylic acids is 1. The Bertz CT molecular complexity index is 232. The van der Waals surface area contributed by atoms with Crippen LogP contribution in [-0.4, -0.2) is 35.9 Å². The molecule has 1 saturated heterocycles. The third-order valence-electron chi connectivity index (χ3n) is 3.36. The normalized spacial score (nSPS) is 26.9. The average Bonchev–Trinajstić information content (AvgIpc) is 2.65. The van der Waals surface area contributed by atoms with Crippen molar-refractivity contribution in [2.45, 2.75) is 50.7 Å². The molecule has 2 N–H and O–H groups in total. The van der Waals surface area contributed by atoms with E-state index in [9.17, 15) is 9.90 Å². The van der Waals surface area contributed by atoms with Gasteiger partial charge in [-0.25, -0.2) is 0 Å². The topological polar surface area (TPSA) is 58.6 Å². The van der Waals surface area contributed by atoms with Gasteiger partial charge in [0.2, 0.25) is 0 Å². The summed E-state index contributed by atoms with van der Waals surface area (Å²) < 4.78 is 5.30. The number of hydrogen-bond acceptors (Lipinski definition) is 3. The average molecular weight is 215 g/mol. The third kappa shape index (κ3) is 2.92. The molecule has 0 bridgehead atoms. The van der Waals surface area contributed by atoms with Crippen molar-refractivity contribution >= 4 is 5.97 Å². The number of hydrogen-bond donors (Lipinski definition) is 2. The Hall–Kier alpha value is -0.610. The number of carboxylic acid groups (broad SMARTS) is 1. The van der Waals surface area contributed by atoms with Crippen LogP contribution in [0.15, 0.2) is 0 Å². The van der Waals surface area contributed by atoms with Crippen molar-refractivity contribution in [2.75, 3.05) is 13.7 Å². The van der Waals surface area contributed by atoms with Gasteiger partial charge in [-0.15, -0.1) is 0 Å². The second-order valence-corrected chi connectivity index (χ2v) is 4.88. The minimum atomic E-state index is -0.730. The maximum atomic E-state index is 11.2. The molecule has 1 fully saturated rings. The lowest BCUT2D eigenvalue weighted by Crippen LogP contribution is -2.48. The minimum absolute atomic E-state index is 0.243. The van der Waals surface area contributed by atoms with Crippen LogP contribution >= 0.6 is 0 Å². The number of ether oxygens (including phenoxy) is 1. The molecule has 0 saturated carbocycles. The Balaban J connectivity index is 2.57. The zero-order chi connectivity index (χ0) is 11.5. The molecular weight excluding hydrogens is 194 g/mol. The third-order valence-corrected chi connectivity index (χ3v) is 3.36. The van der Waals surface area contributed by atoms with E-state index in [-0.39, 0.29) is 5.60 Å². The number of carbonyl (C=O) groups is 1. The summed E-state index contributed by atoms with van der Waals surface area (Å²) in [4.78, 5) is 11.2. The van der Waals surface area contributed by atoms with E-state index in [1.807, 2.05) is 13.8 Å². The SMILES string of the molecule is COC(C)(C)CCC1(C(=O)O)CCCN1. The molecular formula is C11H21NO3. The van der Waals surface area contributed by atoms with E-state index in [1.165, 1.54) is 0 Å². The van der Waals surface area contributed by atoms with Crippen LogP contribution in [0.2, 0.25) is 0 Å². The second kappa shape index (κ2) is 4.49. The Morgan fingerprint density at radius 3 is 2.67 bits per heavy atom. The number of methoxy groups -OCH3 is 1. The molecule has 0 aliphatic carbocycles. The van der Waals surface area contributed by atoms with Crippen molar-refractivity contribution in [3.63, 3.8) is 0 Å². The molecule has 1 atom stereocenters. The minimum Gasteiger partial charge on any atom is -0.480 e. The lowest BCUT2D eigenvalue weighted by Gasteiger charge is -2.30. The van der Waals surface area contributed by atoms with Gasteiger partial charge in [0.05, 0.1) is 5.60 Å². The Labute approximate surface area is 91.0 Å². The van der Waals surface area contributed by atoms with Gasteiger partial charge in [0.25, 0.3) is 0 Å². The van der Waals surface area contributed by atoms with Crippen molar-refractivity contribution in [1.82, 2.24) is 5.32 Å². The largest absolute Gasteiger partial charge is 0.480 e. The molecule has 0 aromatic heterocycles. The van der Waals surface area contributed by atoms with Crippen LogP contribution in [0, 0.1) is 0 Å². The molecule has 0 radical (unpaired) electrons. The molecule has 4 heteroatoms. The van der Waals surface area contributed by atoms with Gasteiger partial charge in [-0.1, -0.05) is 0 Å². The Morgan fingerprint density at radius 1 is 1.60 bits per heavy atom. The smallest absolute Gasteiger partial charge is 0.323 e. The van der Waals surface area contributed by atoms with Crippen molar-refractivity contribution in [3.05, 3.63) is 0 Å². The Kier molecular flexibility index (Phi) is 3.73. The summed E-state index contributed by atoms with van der Waals surface area (Å²) in [5.41, 5.74) is -0.956. The van der Waals surface area contributed by atoms with Gasteiger partial charge < -0.3 is 15.2 Å². The standard InChI is InChI=1S/C11H21NO3/c1-10(2,15-3)6-7-11(9(13)14)5-4-8-12-11/h12H,4-8H2,1-3H3,(H,13,14). The quantitative estimate of drug-likeness (QED) is 0.727. The highest BCUT2D eigenvalue weighted by Crippen LogP contribution is 2.28. The molecule has 1 aliphatic rings. The summed E-state index contributed by atoms with van der Waals surface area (Å²) in [6, 6.07) is 0. The first kappa shape index (κ1) is 12.5. The molecule has 0 aromatic rings. The number of nitrogens with one attached hydrogen (secondary N) is 1. The molecule has 0 amide bonds. The van der Waals surface area contributed by atoms with Crippen LogP contribution in [-0.2, 0) is 9.53 Å². The fraction of sp³-hybridized carbons (Fsp3) is 0.909. The Morgan fingerprint density at radius 2 is 2.27 bits per heavy atom. The van der Waals surface area contributed by atoms with Gasteiger partial charge in [0.15, 0.2) is 0 Å². The highest BCUT2D eigenvalue weighted by Gasteiger charge is 2.41. The van der Waals surface area contributed by atoms with Gasteiger partial charge >= 0.3 is 5.97 Å². The van der Waals surface area contributed by atoms with Crippen molar-refractivity contribution < 1.29 is 14.6 Å². The van der Waals surface area contributed by atoms with E-state index in [2.05, 4.69) is 5.32 Å². The number of rotatable bonds is 5. The molecule has 88 valence electrons. The monoisotopic (exact) mass is 215 g/mol. The molecule has 1 aliphatic heterocycles. The number of aliphatic carboxylic acids is 1. The van der Waals surface area contributed by atoms with E-state index < -0.39 is 11.5 Å². The molecule has 0 aromatic carbocycles. The fourth-order valence-electron chi connectivity index (χ4n) is 1.93. The van der Waals surface area contributed by atoms with E-state index in [1.54, 1.807) is 7.11 Å². The van der Waals surface area contributed by atoms with Gasteiger partial charge in [0, 0.05) is 7.11 Å². The zero-order valence-corrected chi connectivity index (χ0v) is 9.80. The highest BCUT2D eigenvalue weighted by atomic mass is 16.5. The first-order chi connectivity index (χ1) is 6.92. The van der Waals surface area contributed by atoms with Gasteiger partial charge in [-0.05, 0) is 46.1 Å². The molecule has 1 unspecified atom stereocenters. The molecule has 15 heavy (non-hydrogen) atoms. The zero-order valence-electron chi connectivity index (χ0n) is 9.80. The fourth-order valence-corrected chi connectivity index (χ4v) is 1.93. The van der Waals surface area contributed by atoms with Crippen LogP contribution in [0.4, 0.5) is 0 Å². The summed E-state index contributed by atoms with van der Waals surface area (Å²) >= 11 is 0. The highest BCUT2D eigenvalue weighted by molar-refractivity contribution is 5.79. The van der Waals surface area contributed by atoms with Crippen LogP contribution < -0.4 is 5.32 Å². The van der Waals surface area contributed by atoms with Gasteiger partial charge in [0.1, 0.15) is 5.54 Å². The van der Waals surface area contributed by atoms with Crippen molar-refractivity contribution in [2.24, 2.45) is 0 Å². The maximum Gasteiger partial charge on any atom is 0.323 e. The van der Waals surface area contributed by atoms with Crippen LogP contribution in [0.5, 0.6) is 0 Å². The molecule has 0 spiro atoms. The first-order valence-corrected chi connectivity index (χ1v) is 5.45. The van der Waals surface area contributed by atoms with E-state index >= 15 is 0 Å². The summed E-state index contributed by atoms with van der Waals surface area (Å²) in [6.45, 7) is 4.77. The second-order valence-electron chi connectivity index (χ2n) is 4.88. The summed E-state index contributed by atoms with van der Waals surface area (Å²) in [5.74, 6) is -0.730. The molecule has 1 rings (SSSR count). The van der Waals surface area contributed by atoms with E-state index in [4.69, 9.17) is 4.74 Å². The summed E-state index contributed by atoms with van der Waals surface area (Å²) in [5, 5.41) is 12.3. The van der Waals surface area contributed by atoms with Gasteiger partial charge in [-0.2, -0.15) is 0 Å². The molecule has 1 heterocycles. The predicted molar refractivity (Wildman–Crippen MR) is 57.9 cm³/mol.